The lowest BCUT2D eigenvalue weighted by Gasteiger charge is -2.11. The summed E-state index contributed by atoms with van der Waals surface area (Å²) in [4.78, 5) is 23.9. The summed E-state index contributed by atoms with van der Waals surface area (Å²) in [6.45, 7) is 4.04. The summed E-state index contributed by atoms with van der Waals surface area (Å²) in [7, 11) is 0. The number of hydrogen-bond acceptors (Lipinski definition) is 4. The first-order chi connectivity index (χ1) is 12.8. The van der Waals surface area contributed by atoms with Crippen molar-refractivity contribution in [2.45, 2.75) is 13.8 Å². The van der Waals surface area contributed by atoms with Crippen molar-refractivity contribution < 1.29 is 19.1 Å². The first-order valence-electron chi connectivity index (χ1n) is 8.10. The number of anilines is 1. The lowest BCUT2D eigenvalue weighted by atomic mass is 10.2. The van der Waals surface area contributed by atoms with Gasteiger partial charge in [-0.25, -0.2) is 4.79 Å². The number of hydrogen-bond donors (Lipinski definition) is 1. The minimum atomic E-state index is -0.447. The van der Waals surface area contributed by atoms with E-state index in [-0.39, 0.29) is 28.3 Å². The molecular formula is C19H18Cl3NO4. The van der Waals surface area contributed by atoms with Crippen molar-refractivity contribution >= 4 is 52.4 Å². The van der Waals surface area contributed by atoms with Crippen molar-refractivity contribution in [1.82, 2.24) is 0 Å². The van der Waals surface area contributed by atoms with E-state index in [0.29, 0.717) is 22.9 Å². The summed E-state index contributed by atoms with van der Waals surface area (Å²) < 4.78 is 10.4. The minimum absolute atomic E-state index is 0.200. The van der Waals surface area contributed by atoms with Gasteiger partial charge in [0.1, 0.15) is 5.75 Å². The van der Waals surface area contributed by atoms with Gasteiger partial charge in [0.25, 0.3) is 5.91 Å². The molecule has 144 valence electrons. The maximum atomic E-state index is 12.4. The molecule has 1 amide bonds. The lowest BCUT2D eigenvalue weighted by Crippen LogP contribution is -2.17. The zero-order valence-corrected chi connectivity index (χ0v) is 17.0. The third kappa shape index (κ3) is 6.61. The fraction of sp³-hybridized carbons (Fsp3) is 0.263. The van der Waals surface area contributed by atoms with E-state index in [4.69, 9.17) is 44.3 Å². The molecule has 0 heterocycles. The summed E-state index contributed by atoms with van der Waals surface area (Å²) >= 11 is 18.0. The molecule has 0 aliphatic heterocycles. The van der Waals surface area contributed by atoms with Crippen LogP contribution in [0.4, 0.5) is 5.69 Å². The largest absolute Gasteiger partial charge is 0.482 e. The normalized spacial score (nSPS) is 10.6. The number of carbonyl (C=O) groups excluding carboxylic acids is 2. The Kier molecular flexibility index (Phi) is 7.78. The Morgan fingerprint density at radius 3 is 2.19 bits per heavy atom. The number of rotatable bonds is 7. The van der Waals surface area contributed by atoms with Gasteiger partial charge in [-0.1, -0.05) is 48.7 Å². The monoisotopic (exact) mass is 429 g/mol. The molecule has 0 saturated carbocycles. The van der Waals surface area contributed by atoms with Crippen LogP contribution in [0.5, 0.6) is 5.75 Å². The van der Waals surface area contributed by atoms with Gasteiger partial charge in [-0.3, -0.25) is 4.79 Å². The SMILES string of the molecule is CC(C)COC(=O)COc1ccc(C(=O)Nc2c(Cl)cc(Cl)cc2Cl)cc1. The highest BCUT2D eigenvalue weighted by Gasteiger charge is 2.13. The Hall–Kier alpha value is -1.95. The number of ether oxygens (including phenoxy) is 2. The van der Waals surface area contributed by atoms with Gasteiger partial charge >= 0.3 is 5.97 Å². The Morgan fingerprint density at radius 1 is 1.04 bits per heavy atom. The van der Waals surface area contributed by atoms with Crippen LogP contribution >= 0.6 is 34.8 Å². The minimum Gasteiger partial charge on any atom is -0.482 e. The third-order valence-electron chi connectivity index (χ3n) is 3.30. The Morgan fingerprint density at radius 2 is 1.63 bits per heavy atom. The van der Waals surface area contributed by atoms with E-state index in [1.54, 1.807) is 24.3 Å². The number of esters is 1. The maximum absolute atomic E-state index is 12.4. The van der Waals surface area contributed by atoms with E-state index < -0.39 is 11.9 Å². The highest BCUT2D eigenvalue weighted by molar-refractivity contribution is 6.42. The summed E-state index contributed by atoms with van der Waals surface area (Å²) in [6.07, 6.45) is 0. The summed E-state index contributed by atoms with van der Waals surface area (Å²) in [5.74, 6) is -0.147. The number of benzene rings is 2. The second-order valence-corrected chi connectivity index (χ2v) is 7.34. The van der Waals surface area contributed by atoms with Crippen molar-refractivity contribution in [2.75, 3.05) is 18.5 Å². The molecule has 8 heteroatoms. The zero-order chi connectivity index (χ0) is 20.0. The van der Waals surface area contributed by atoms with Gasteiger partial charge in [0, 0.05) is 10.6 Å². The molecule has 1 N–H and O–H groups in total. The van der Waals surface area contributed by atoms with E-state index in [1.165, 1.54) is 12.1 Å². The molecule has 0 spiro atoms. The molecule has 2 aromatic carbocycles. The van der Waals surface area contributed by atoms with Crippen LogP contribution in [0.3, 0.4) is 0 Å². The van der Waals surface area contributed by atoms with Crippen molar-refractivity contribution in [1.29, 1.82) is 0 Å². The van der Waals surface area contributed by atoms with Gasteiger partial charge in [-0.05, 0) is 42.3 Å². The van der Waals surface area contributed by atoms with Gasteiger partial charge in [0.05, 0.1) is 22.3 Å². The predicted molar refractivity (Wildman–Crippen MR) is 107 cm³/mol. The first-order valence-corrected chi connectivity index (χ1v) is 9.24. The van der Waals surface area contributed by atoms with Crippen LogP contribution in [-0.4, -0.2) is 25.1 Å². The van der Waals surface area contributed by atoms with E-state index in [9.17, 15) is 9.59 Å². The fourth-order valence-corrected chi connectivity index (χ4v) is 2.90. The summed E-state index contributed by atoms with van der Waals surface area (Å²) in [6, 6.07) is 9.24. The van der Waals surface area contributed by atoms with Crippen LogP contribution in [-0.2, 0) is 9.53 Å². The molecule has 0 aliphatic rings. The van der Waals surface area contributed by atoms with Crippen molar-refractivity contribution in [3.05, 3.63) is 57.0 Å². The van der Waals surface area contributed by atoms with Gasteiger partial charge in [0.2, 0.25) is 0 Å². The average molecular weight is 431 g/mol. The lowest BCUT2D eigenvalue weighted by molar-refractivity contribution is -0.147. The number of nitrogens with one attached hydrogen (secondary N) is 1. The molecule has 0 radical (unpaired) electrons. The molecule has 0 aliphatic carbocycles. The molecule has 0 unspecified atom stereocenters. The van der Waals surface area contributed by atoms with E-state index in [2.05, 4.69) is 5.32 Å². The van der Waals surface area contributed by atoms with E-state index in [1.807, 2.05) is 13.8 Å². The topological polar surface area (TPSA) is 64.6 Å². The smallest absolute Gasteiger partial charge is 0.344 e. The second kappa shape index (κ2) is 9.83. The fourth-order valence-electron chi connectivity index (χ4n) is 1.99. The van der Waals surface area contributed by atoms with Crippen LogP contribution in [0.15, 0.2) is 36.4 Å². The zero-order valence-electron chi connectivity index (χ0n) is 14.7. The van der Waals surface area contributed by atoms with Crippen molar-refractivity contribution in [2.24, 2.45) is 5.92 Å². The molecule has 2 rings (SSSR count). The van der Waals surface area contributed by atoms with Crippen LogP contribution in [0.2, 0.25) is 15.1 Å². The predicted octanol–water partition coefficient (Wildman–Crippen LogP) is 5.48. The Bertz CT molecular complexity index is 799. The van der Waals surface area contributed by atoms with Gasteiger partial charge < -0.3 is 14.8 Å². The van der Waals surface area contributed by atoms with Gasteiger partial charge in [0.15, 0.2) is 6.61 Å². The maximum Gasteiger partial charge on any atom is 0.344 e. The second-order valence-electron chi connectivity index (χ2n) is 6.09. The van der Waals surface area contributed by atoms with E-state index >= 15 is 0 Å². The Labute approximate surface area is 172 Å². The van der Waals surface area contributed by atoms with Crippen LogP contribution in [0.25, 0.3) is 0 Å². The highest BCUT2D eigenvalue weighted by Crippen LogP contribution is 2.34. The summed E-state index contributed by atoms with van der Waals surface area (Å²) in [5.41, 5.74) is 0.646. The number of amides is 1. The molecule has 5 nitrogen and oxygen atoms in total. The molecule has 0 saturated heterocycles. The van der Waals surface area contributed by atoms with Crippen LogP contribution in [0, 0.1) is 5.92 Å². The molecule has 0 aromatic heterocycles. The number of carbonyl (C=O) groups is 2. The average Bonchev–Trinajstić information content (AvgIpc) is 2.61. The van der Waals surface area contributed by atoms with Crippen LogP contribution < -0.4 is 10.1 Å². The van der Waals surface area contributed by atoms with Crippen molar-refractivity contribution in [3.63, 3.8) is 0 Å². The standard InChI is InChI=1S/C19H18Cl3NO4/c1-11(2)9-27-17(24)10-26-14-5-3-12(4-6-14)19(25)23-18-15(21)7-13(20)8-16(18)22/h3-8,11H,9-10H2,1-2H3,(H,23,25). The number of halogens is 3. The molecule has 2 aromatic rings. The molecule has 0 atom stereocenters. The quantitative estimate of drug-likeness (QED) is 0.591. The summed E-state index contributed by atoms with van der Waals surface area (Å²) in [5, 5.41) is 3.49. The molecule has 0 bridgehead atoms. The Balaban J connectivity index is 1.95. The highest BCUT2D eigenvalue weighted by atomic mass is 35.5. The van der Waals surface area contributed by atoms with E-state index in [0.717, 1.165) is 0 Å². The van der Waals surface area contributed by atoms with Gasteiger partial charge in [-0.15, -0.1) is 0 Å². The van der Waals surface area contributed by atoms with Gasteiger partial charge in [-0.2, -0.15) is 0 Å². The first kappa shape index (κ1) is 21.4. The molecule has 0 fully saturated rings. The van der Waals surface area contributed by atoms with Crippen LogP contribution in [0.1, 0.15) is 24.2 Å². The third-order valence-corrected chi connectivity index (χ3v) is 4.11. The molecule has 27 heavy (non-hydrogen) atoms. The van der Waals surface area contributed by atoms with Crippen molar-refractivity contribution in [3.8, 4) is 5.75 Å². The molecular weight excluding hydrogens is 413 g/mol.